The Morgan fingerprint density at radius 1 is 0.651 bits per heavy atom. The standard InChI is InChI=1S/C15H28O23S5/c1-6-11(35-42(23,24)25)8(3)31-9(4-29-40(17,18)19)12(6)33-15-14(36-43(26,27)28)7(2)13(34-39-38-37-16)10(32-15)5-30-41(20,21)22/h6-16H,4-5H2,1-3H3,(H,17,18,19)(H,20,21,22)(H,23,24,25)(H,26,27,28)/t6-,7+,8+,9?,10?,11?,12+,13+,14?,15+/m1/s1. The molecule has 256 valence electrons. The Morgan fingerprint density at radius 3 is 1.58 bits per heavy atom. The first-order valence-electron chi connectivity index (χ1n) is 11.3. The molecule has 10 atom stereocenters. The van der Waals surface area contributed by atoms with Crippen LogP contribution in [0.15, 0.2) is 0 Å². The van der Waals surface area contributed by atoms with E-state index in [0.29, 0.717) is 0 Å². The molecule has 0 spiro atoms. The van der Waals surface area contributed by atoms with Gasteiger partial charge in [0.25, 0.3) is 0 Å². The molecule has 2 heterocycles. The first-order valence-corrected chi connectivity index (χ1v) is 17.5. The third-order valence-corrected chi connectivity index (χ3v) is 8.18. The van der Waals surface area contributed by atoms with Gasteiger partial charge in [-0.25, -0.2) is 22.0 Å². The zero-order chi connectivity index (χ0) is 33.0. The van der Waals surface area contributed by atoms with Gasteiger partial charge in [0.15, 0.2) is 18.6 Å². The highest BCUT2D eigenvalue weighted by Crippen LogP contribution is 2.38. The van der Waals surface area contributed by atoms with Gasteiger partial charge in [0.05, 0.1) is 25.4 Å². The van der Waals surface area contributed by atoms with Crippen LogP contribution in [0, 0.1) is 11.8 Å². The summed E-state index contributed by atoms with van der Waals surface area (Å²) in [7, 11) is -20.6. The average molecular weight is 737 g/mol. The summed E-state index contributed by atoms with van der Waals surface area (Å²) in [5.41, 5.74) is 0. The molecule has 2 fully saturated rings. The van der Waals surface area contributed by atoms with Crippen LogP contribution in [0.5, 0.6) is 0 Å². The van der Waals surface area contributed by atoms with Gasteiger partial charge in [-0.15, -0.1) is 4.33 Å². The number of ether oxygens (including phenoxy) is 3. The lowest BCUT2D eigenvalue weighted by molar-refractivity contribution is -0.435. The van der Waals surface area contributed by atoms with Crippen LogP contribution in [-0.4, -0.2) is 119 Å². The lowest BCUT2D eigenvalue weighted by Crippen LogP contribution is -2.61. The summed E-state index contributed by atoms with van der Waals surface area (Å²) in [6.45, 7) is 1.68. The molecule has 0 aromatic carbocycles. The Morgan fingerprint density at radius 2 is 1.12 bits per heavy atom. The fraction of sp³-hybridized carbons (Fsp3) is 1.00. The number of rotatable bonds is 16. The monoisotopic (exact) mass is 736 g/mol. The molecule has 4 unspecified atom stereocenters. The second kappa shape index (κ2) is 15.4. The van der Waals surface area contributed by atoms with Gasteiger partial charge in [-0.3, -0.25) is 22.4 Å². The smallest absolute Gasteiger partial charge is 0.367 e. The molecule has 0 amide bonds. The van der Waals surface area contributed by atoms with Crippen molar-refractivity contribution in [3.63, 3.8) is 0 Å². The Bertz CT molecular complexity index is 1330. The van der Waals surface area contributed by atoms with Crippen molar-refractivity contribution in [2.45, 2.75) is 69.8 Å². The highest BCUT2D eigenvalue weighted by molar-refractivity contribution is 7.89. The van der Waals surface area contributed by atoms with Gasteiger partial charge in [-0.1, -0.05) is 18.9 Å². The molecule has 0 bridgehead atoms. The third kappa shape index (κ3) is 13.1. The zero-order valence-electron chi connectivity index (χ0n) is 21.8. The summed E-state index contributed by atoms with van der Waals surface area (Å²) in [6.07, 6.45) is -13.1. The summed E-state index contributed by atoms with van der Waals surface area (Å²) in [5.74, 6) is -2.56. The molecule has 0 radical (unpaired) electrons. The molecule has 43 heavy (non-hydrogen) atoms. The first-order chi connectivity index (χ1) is 19.5. The predicted molar refractivity (Wildman–Crippen MR) is 131 cm³/mol. The minimum Gasteiger partial charge on any atom is -0.367 e. The summed E-state index contributed by atoms with van der Waals surface area (Å²) in [4.78, 5) is 0. The van der Waals surface area contributed by atoms with Gasteiger partial charge in [-0.2, -0.15) is 33.7 Å². The molecule has 28 heteroatoms. The summed E-state index contributed by atoms with van der Waals surface area (Å²) < 4.78 is 172. The van der Waals surface area contributed by atoms with Gasteiger partial charge in [0.2, 0.25) is 0 Å². The SMILES string of the molecule is C[C@@H]1OC(COS(=O)(=O)O)[C@@H](O[C@@H]2OC(COS(=O)(=O)O)[C@@H](OSOOO)[C@H](C)C2OS(=O)(=O)O)[C@H](C)C1OS(=O)(=O)O. The van der Waals surface area contributed by atoms with Crippen molar-refractivity contribution >= 4 is 53.9 Å². The first kappa shape index (κ1) is 38.7. The lowest BCUT2D eigenvalue weighted by Gasteiger charge is -2.48. The maximum Gasteiger partial charge on any atom is 0.397 e. The van der Waals surface area contributed by atoms with Crippen LogP contribution >= 0.6 is 12.3 Å². The van der Waals surface area contributed by atoms with Crippen molar-refractivity contribution in [1.29, 1.82) is 0 Å². The normalized spacial score (nSPS) is 34.7. The molecule has 2 saturated heterocycles. The largest absolute Gasteiger partial charge is 0.397 e. The second-order valence-electron chi connectivity index (χ2n) is 8.91. The van der Waals surface area contributed by atoms with E-state index in [0.717, 1.165) is 0 Å². The molecule has 0 aromatic rings. The minimum absolute atomic E-state index is 0.0693. The van der Waals surface area contributed by atoms with E-state index in [1.165, 1.54) is 20.8 Å². The van der Waals surface area contributed by atoms with E-state index < -0.39 is 116 Å². The van der Waals surface area contributed by atoms with Crippen LogP contribution in [0.1, 0.15) is 20.8 Å². The van der Waals surface area contributed by atoms with Crippen LogP contribution in [0.25, 0.3) is 0 Å². The quantitative estimate of drug-likeness (QED) is 0.0397. The lowest BCUT2D eigenvalue weighted by atomic mass is 9.87. The van der Waals surface area contributed by atoms with Crippen LogP contribution in [0.3, 0.4) is 0 Å². The van der Waals surface area contributed by atoms with Crippen LogP contribution in [0.2, 0.25) is 0 Å². The highest BCUT2D eigenvalue weighted by atomic mass is 32.3. The van der Waals surface area contributed by atoms with E-state index in [9.17, 15) is 42.8 Å². The Balaban J connectivity index is 2.52. The van der Waals surface area contributed by atoms with Gasteiger partial charge in [0.1, 0.15) is 30.5 Å². The molecule has 2 aliphatic rings. The fourth-order valence-corrected chi connectivity index (χ4v) is 6.56. The molecule has 0 aliphatic carbocycles. The Labute approximate surface area is 250 Å². The van der Waals surface area contributed by atoms with E-state index in [4.69, 9.17) is 32.8 Å². The maximum absolute atomic E-state index is 11.7. The van der Waals surface area contributed by atoms with Gasteiger partial charge in [0, 0.05) is 11.8 Å². The molecular weight excluding hydrogens is 708 g/mol. The molecule has 23 nitrogen and oxygen atoms in total. The minimum atomic E-state index is -5.32. The van der Waals surface area contributed by atoms with Crippen LogP contribution in [-0.2, 0) is 86.1 Å². The molecule has 0 saturated carbocycles. The average Bonchev–Trinajstić information content (AvgIpc) is 2.82. The maximum atomic E-state index is 11.7. The van der Waals surface area contributed by atoms with Crippen molar-refractivity contribution in [2.24, 2.45) is 11.8 Å². The molecule has 0 aromatic heterocycles. The highest BCUT2D eigenvalue weighted by Gasteiger charge is 2.52. The number of hydrogen-bond donors (Lipinski definition) is 5. The van der Waals surface area contributed by atoms with E-state index in [1.54, 1.807) is 0 Å². The fourth-order valence-electron chi connectivity index (χ4n) is 4.34. The summed E-state index contributed by atoms with van der Waals surface area (Å²) >= 11 is -0.0693. The Kier molecular flexibility index (Phi) is 13.9. The van der Waals surface area contributed by atoms with Crippen molar-refractivity contribution in [3.05, 3.63) is 0 Å². The summed E-state index contributed by atoms with van der Waals surface area (Å²) in [6, 6.07) is 0. The molecule has 2 aliphatic heterocycles. The Hall–Kier alpha value is -0.450. The topological polar surface area (TPSA) is 330 Å². The summed E-state index contributed by atoms with van der Waals surface area (Å²) in [5, 5.41) is 11.7. The third-order valence-electron chi connectivity index (χ3n) is 5.96. The van der Waals surface area contributed by atoms with E-state index in [2.05, 4.69) is 26.1 Å². The number of hydrogen-bond acceptors (Lipinski definition) is 20. The molecule has 5 N–H and O–H groups in total. The van der Waals surface area contributed by atoms with Crippen molar-refractivity contribution in [1.82, 2.24) is 0 Å². The van der Waals surface area contributed by atoms with E-state index >= 15 is 0 Å². The van der Waals surface area contributed by atoms with Crippen LogP contribution in [0.4, 0.5) is 0 Å². The van der Waals surface area contributed by atoms with Crippen molar-refractivity contribution < 1.29 is 102 Å². The van der Waals surface area contributed by atoms with Crippen molar-refractivity contribution in [3.8, 4) is 0 Å². The van der Waals surface area contributed by atoms with Crippen molar-refractivity contribution in [2.75, 3.05) is 13.2 Å². The zero-order valence-corrected chi connectivity index (χ0v) is 25.9. The van der Waals surface area contributed by atoms with E-state index in [-0.39, 0.29) is 12.3 Å². The van der Waals surface area contributed by atoms with Gasteiger partial charge < -0.3 is 14.2 Å². The van der Waals surface area contributed by atoms with Crippen LogP contribution < -0.4 is 0 Å². The molecular formula is C15H28O23S5. The molecule has 2 rings (SSSR count). The second-order valence-corrected chi connectivity index (χ2v) is 13.7. The van der Waals surface area contributed by atoms with E-state index in [1.807, 2.05) is 0 Å². The van der Waals surface area contributed by atoms with Gasteiger partial charge in [-0.05, 0) is 6.92 Å². The van der Waals surface area contributed by atoms with Gasteiger partial charge >= 0.3 is 41.6 Å². The predicted octanol–water partition coefficient (Wildman–Crippen LogP) is -1.46.